The smallest absolute Gasteiger partial charge is 0.0591 e. The largest absolute Gasteiger partial charge is 0.380 e. The molecule has 0 spiro atoms. The summed E-state index contributed by atoms with van der Waals surface area (Å²) >= 11 is 0. The molecule has 2 heteroatoms. The molecule has 1 aromatic carbocycles. The van der Waals surface area contributed by atoms with Gasteiger partial charge in [0.2, 0.25) is 0 Å². The third kappa shape index (κ3) is 10.6. The third-order valence-corrected chi connectivity index (χ3v) is 6.28. The van der Waals surface area contributed by atoms with Crippen molar-refractivity contribution in [3.63, 3.8) is 0 Å². The molecule has 28 heavy (non-hydrogen) atoms. The third-order valence-electron chi connectivity index (χ3n) is 6.28. The highest BCUT2D eigenvalue weighted by Gasteiger charge is 2.14. The van der Waals surface area contributed by atoms with E-state index in [0.29, 0.717) is 0 Å². The number of benzene rings is 1. The van der Waals surface area contributed by atoms with Crippen molar-refractivity contribution in [2.45, 2.75) is 90.4 Å². The van der Waals surface area contributed by atoms with Gasteiger partial charge < -0.3 is 10.1 Å². The molecule has 0 aromatic heterocycles. The summed E-state index contributed by atoms with van der Waals surface area (Å²) in [6.45, 7) is 8.55. The molecule has 0 aliphatic heterocycles. The van der Waals surface area contributed by atoms with E-state index in [-0.39, 0.29) is 0 Å². The van der Waals surface area contributed by atoms with Crippen LogP contribution in [0.15, 0.2) is 30.3 Å². The lowest BCUT2D eigenvalue weighted by atomic mass is 9.84. The Morgan fingerprint density at radius 2 is 1.50 bits per heavy atom. The Balaban J connectivity index is 0.000000207. The monoisotopic (exact) mass is 387 g/mol. The zero-order valence-corrected chi connectivity index (χ0v) is 18.6. The molecule has 2 fully saturated rings. The van der Waals surface area contributed by atoms with Gasteiger partial charge in [-0.25, -0.2) is 0 Å². The second kappa shape index (κ2) is 15.0. The van der Waals surface area contributed by atoms with Gasteiger partial charge in [0.15, 0.2) is 0 Å². The molecule has 3 rings (SSSR count). The van der Waals surface area contributed by atoms with Gasteiger partial charge in [-0.3, -0.25) is 0 Å². The van der Waals surface area contributed by atoms with E-state index in [4.69, 9.17) is 4.74 Å². The molecule has 0 atom stereocenters. The molecule has 0 amide bonds. The summed E-state index contributed by atoms with van der Waals surface area (Å²) < 4.78 is 5.72. The molecule has 1 aromatic rings. The Labute approximate surface area is 174 Å². The Kier molecular flexibility index (Phi) is 12.6. The van der Waals surface area contributed by atoms with Gasteiger partial charge in [-0.1, -0.05) is 82.7 Å². The molecule has 2 nitrogen and oxygen atoms in total. The quantitative estimate of drug-likeness (QED) is 0.463. The minimum atomic E-state index is 0.802. The van der Waals surface area contributed by atoms with Crippen molar-refractivity contribution in [3.05, 3.63) is 35.9 Å². The second-order valence-corrected chi connectivity index (χ2v) is 9.26. The van der Waals surface area contributed by atoms with Gasteiger partial charge in [0.25, 0.3) is 0 Å². The van der Waals surface area contributed by atoms with Gasteiger partial charge >= 0.3 is 0 Å². The fourth-order valence-electron chi connectivity index (χ4n) is 4.43. The maximum atomic E-state index is 5.72. The van der Waals surface area contributed by atoms with Gasteiger partial charge in [-0.2, -0.15) is 0 Å². The zero-order valence-electron chi connectivity index (χ0n) is 18.6. The van der Waals surface area contributed by atoms with Gasteiger partial charge in [0, 0.05) is 13.2 Å². The van der Waals surface area contributed by atoms with Crippen molar-refractivity contribution < 1.29 is 4.74 Å². The minimum Gasteiger partial charge on any atom is -0.380 e. The predicted molar refractivity (Wildman–Crippen MR) is 122 cm³/mol. The van der Waals surface area contributed by atoms with Crippen LogP contribution in [0.4, 0.5) is 0 Å². The summed E-state index contributed by atoms with van der Waals surface area (Å²) in [5.41, 5.74) is 1.55. The van der Waals surface area contributed by atoms with E-state index < -0.39 is 0 Å². The lowest BCUT2D eigenvalue weighted by Gasteiger charge is -2.21. The summed E-state index contributed by atoms with van der Waals surface area (Å²) in [7, 11) is 0. The predicted octanol–water partition coefficient (Wildman–Crippen LogP) is 6.95. The summed E-state index contributed by atoms with van der Waals surface area (Å²) in [4.78, 5) is 0. The Bertz CT molecular complexity index is 461. The molecule has 2 aliphatic rings. The van der Waals surface area contributed by atoms with Crippen molar-refractivity contribution in [1.82, 2.24) is 5.32 Å². The number of rotatable bonds is 9. The average Bonchev–Trinajstić information content (AvgIpc) is 2.75. The maximum Gasteiger partial charge on any atom is 0.0591 e. The van der Waals surface area contributed by atoms with E-state index in [9.17, 15) is 0 Å². The van der Waals surface area contributed by atoms with Crippen LogP contribution in [0.25, 0.3) is 0 Å². The van der Waals surface area contributed by atoms with Crippen molar-refractivity contribution in [1.29, 1.82) is 0 Å². The molecule has 2 aliphatic carbocycles. The Morgan fingerprint density at radius 3 is 2.14 bits per heavy atom. The summed E-state index contributed by atoms with van der Waals surface area (Å²) in [6, 6.07) is 11.0. The van der Waals surface area contributed by atoms with Crippen molar-refractivity contribution >= 4 is 0 Å². The van der Waals surface area contributed by atoms with Crippen molar-refractivity contribution in [3.8, 4) is 0 Å². The molecule has 0 heterocycles. The molecule has 0 saturated heterocycles. The van der Waals surface area contributed by atoms with Crippen LogP contribution in [0.2, 0.25) is 0 Å². The summed E-state index contributed by atoms with van der Waals surface area (Å²) in [6.07, 6.45) is 15.4. The van der Waals surface area contributed by atoms with Crippen molar-refractivity contribution in [2.24, 2.45) is 11.8 Å². The molecular formula is C26H45NO. The van der Waals surface area contributed by atoms with Gasteiger partial charge in [-0.05, 0) is 62.0 Å². The summed E-state index contributed by atoms with van der Waals surface area (Å²) in [5, 5.41) is 3.43. The van der Waals surface area contributed by atoms with E-state index in [1.54, 1.807) is 5.56 Å². The molecule has 160 valence electrons. The zero-order chi connectivity index (χ0) is 19.9. The first-order valence-corrected chi connectivity index (χ1v) is 12.1. The average molecular weight is 388 g/mol. The van der Waals surface area contributed by atoms with Crippen LogP contribution in [0.5, 0.6) is 0 Å². The van der Waals surface area contributed by atoms with Crippen LogP contribution < -0.4 is 5.32 Å². The number of ether oxygens (including phenoxy) is 1. The molecular weight excluding hydrogens is 342 g/mol. The highest BCUT2D eigenvalue weighted by Crippen LogP contribution is 2.32. The van der Waals surface area contributed by atoms with Gasteiger partial charge in [-0.15, -0.1) is 0 Å². The topological polar surface area (TPSA) is 21.3 Å². The lowest BCUT2D eigenvalue weighted by Crippen LogP contribution is -2.23. The lowest BCUT2D eigenvalue weighted by molar-refractivity contribution is 0.0869. The maximum absolute atomic E-state index is 5.72. The summed E-state index contributed by atoms with van der Waals surface area (Å²) in [5.74, 6) is 2.51. The second-order valence-electron chi connectivity index (χ2n) is 9.26. The van der Waals surface area contributed by atoms with E-state index in [2.05, 4.69) is 49.5 Å². The first-order chi connectivity index (χ1) is 13.8. The van der Waals surface area contributed by atoms with E-state index in [1.807, 2.05) is 0 Å². The molecule has 0 radical (unpaired) electrons. The molecule has 2 saturated carbocycles. The van der Waals surface area contributed by atoms with Crippen LogP contribution in [0.3, 0.4) is 0 Å². The van der Waals surface area contributed by atoms with Crippen LogP contribution in [-0.2, 0) is 4.74 Å². The standard InChI is InChI=1S/C14H29NO.C12H16/c1-13(2)8-9-15-10-11-16-12-14-6-4-3-5-7-14;1-3-7-11(8-4-1)12-9-5-2-6-10-12/h13-15H,3-12H2,1-2H3;1,3-4,7-8,12H,2,5-6,9-10H2. The number of nitrogens with one attached hydrogen (secondary N) is 1. The van der Waals surface area contributed by atoms with Gasteiger partial charge in [0.05, 0.1) is 6.61 Å². The first-order valence-electron chi connectivity index (χ1n) is 12.1. The first kappa shape index (κ1) is 23.4. The van der Waals surface area contributed by atoms with Crippen LogP contribution in [0, 0.1) is 11.8 Å². The van der Waals surface area contributed by atoms with Crippen LogP contribution >= 0.6 is 0 Å². The molecule has 0 bridgehead atoms. The van der Waals surface area contributed by atoms with Crippen LogP contribution in [0.1, 0.15) is 96.0 Å². The molecule has 0 unspecified atom stereocenters. The van der Waals surface area contributed by atoms with Crippen molar-refractivity contribution in [2.75, 3.05) is 26.3 Å². The number of hydrogen-bond donors (Lipinski definition) is 1. The fraction of sp³-hybridized carbons (Fsp3) is 0.769. The normalized spacial score (nSPS) is 18.7. The highest BCUT2D eigenvalue weighted by molar-refractivity contribution is 5.19. The number of hydrogen-bond acceptors (Lipinski definition) is 2. The van der Waals surface area contributed by atoms with Gasteiger partial charge in [0.1, 0.15) is 0 Å². The Morgan fingerprint density at radius 1 is 0.857 bits per heavy atom. The highest BCUT2D eigenvalue weighted by atomic mass is 16.5. The van der Waals surface area contributed by atoms with E-state index >= 15 is 0 Å². The Hall–Kier alpha value is -0.860. The SMILES string of the molecule is CC(C)CCNCCOCC1CCCCC1.c1ccc(C2CCCCC2)cc1. The molecule has 1 N–H and O–H groups in total. The fourth-order valence-corrected chi connectivity index (χ4v) is 4.43. The van der Waals surface area contributed by atoms with E-state index in [1.165, 1.54) is 70.6 Å². The van der Waals surface area contributed by atoms with E-state index in [0.717, 1.165) is 44.1 Å². The minimum absolute atomic E-state index is 0.802. The van der Waals surface area contributed by atoms with Crippen LogP contribution in [-0.4, -0.2) is 26.3 Å².